The Balaban J connectivity index is 2.07. The van der Waals surface area contributed by atoms with Crippen LogP contribution < -0.4 is 5.32 Å². The van der Waals surface area contributed by atoms with Gasteiger partial charge in [-0.05, 0) is 24.8 Å². The van der Waals surface area contributed by atoms with Gasteiger partial charge in [0.15, 0.2) is 0 Å². The Hall–Kier alpha value is -1.58. The van der Waals surface area contributed by atoms with Crippen molar-refractivity contribution in [3.63, 3.8) is 0 Å². The fourth-order valence-corrected chi connectivity index (χ4v) is 2.67. The van der Waals surface area contributed by atoms with E-state index in [1.807, 2.05) is 24.1 Å². The van der Waals surface area contributed by atoms with E-state index in [9.17, 15) is 4.79 Å². The lowest BCUT2D eigenvalue weighted by Crippen LogP contribution is -2.30. The number of hydrogen-bond acceptors (Lipinski definition) is 3. The minimum absolute atomic E-state index is 0.279. The van der Waals surface area contributed by atoms with Crippen molar-refractivity contribution in [2.24, 2.45) is 5.92 Å². The molecule has 104 valence electrons. The summed E-state index contributed by atoms with van der Waals surface area (Å²) < 4.78 is 0. The summed E-state index contributed by atoms with van der Waals surface area (Å²) in [4.78, 5) is 18.4. The topological polar surface area (TPSA) is 45.2 Å². The van der Waals surface area contributed by atoms with Gasteiger partial charge in [-0.3, -0.25) is 4.79 Å². The summed E-state index contributed by atoms with van der Waals surface area (Å²) in [6.07, 6.45) is 5.80. The molecule has 1 N–H and O–H groups in total. The van der Waals surface area contributed by atoms with Crippen LogP contribution in [0.15, 0.2) is 18.3 Å². The Bertz CT molecular complexity index is 433. The van der Waals surface area contributed by atoms with Gasteiger partial charge in [-0.25, -0.2) is 4.98 Å². The van der Waals surface area contributed by atoms with Crippen molar-refractivity contribution in [1.82, 2.24) is 9.88 Å². The van der Waals surface area contributed by atoms with Crippen molar-refractivity contribution >= 4 is 11.7 Å². The largest absolute Gasteiger partial charge is 0.373 e. The summed E-state index contributed by atoms with van der Waals surface area (Å²) in [6.45, 7) is 3.75. The Morgan fingerprint density at radius 3 is 3.05 bits per heavy atom. The fraction of sp³-hybridized carbons (Fsp3) is 0.600. The van der Waals surface area contributed by atoms with Crippen molar-refractivity contribution in [3.05, 3.63) is 23.9 Å². The maximum absolute atomic E-state index is 12.2. The number of hydrogen-bond donors (Lipinski definition) is 1. The van der Waals surface area contributed by atoms with Crippen molar-refractivity contribution in [2.45, 2.75) is 39.2 Å². The van der Waals surface area contributed by atoms with E-state index in [0.717, 1.165) is 30.8 Å². The van der Waals surface area contributed by atoms with Crippen LogP contribution in [0.5, 0.6) is 0 Å². The van der Waals surface area contributed by atoms with Crippen molar-refractivity contribution < 1.29 is 4.79 Å². The van der Waals surface area contributed by atoms with Gasteiger partial charge < -0.3 is 10.2 Å². The zero-order chi connectivity index (χ0) is 13.7. The quantitative estimate of drug-likeness (QED) is 0.906. The first-order chi connectivity index (χ1) is 9.24. The molecule has 1 aliphatic heterocycles. The van der Waals surface area contributed by atoms with E-state index in [1.54, 1.807) is 6.20 Å². The third kappa shape index (κ3) is 3.46. The first-order valence-electron chi connectivity index (χ1n) is 7.14. The second kappa shape index (κ2) is 6.55. The molecule has 0 radical (unpaired) electrons. The van der Waals surface area contributed by atoms with Crippen LogP contribution in [-0.2, 0) is 11.3 Å². The first kappa shape index (κ1) is 13.8. The summed E-state index contributed by atoms with van der Waals surface area (Å²) in [5.41, 5.74) is 1.09. The molecule has 4 heteroatoms. The molecule has 1 fully saturated rings. The van der Waals surface area contributed by atoms with Gasteiger partial charge in [-0.1, -0.05) is 19.4 Å². The molecule has 4 nitrogen and oxygen atoms in total. The van der Waals surface area contributed by atoms with E-state index in [4.69, 9.17) is 0 Å². The third-order valence-corrected chi connectivity index (χ3v) is 3.99. The van der Waals surface area contributed by atoms with Gasteiger partial charge in [-0.15, -0.1) is 0 Å². The molecule has 1 aromatic heterocycles. The molecule has 0 aromatic carbocycles. The molecule has 1 unspecified atom stereocenters. The number of nitrogens with zero attached hydrogens (tertiary/aromatic N) is 2. The highest BCUT2D eigenvalue weighted by molar-refractivity contribution is 5.76. The Morgan fingerprint density at radius 2 is 2.32 bits per heavy atom. The van der Waals surface area contributed by atoms with Crippen molar-refractivity contribution in [2.75, 3.05) is 18.9 Å². The summed E-state index contributed by atoms with van der Waals surface area (Å²) in [7, 11) is 1.86. The monoisotopic (exact) mass is 261 g/mol. The molecule has 0 saturated carbocycles. The molecule has 19 heavy (non-hydrogen) atoms. The van der Waals surface area contributed by atoms with Gasteiger partial charge in [0.2, 0.25) is 5.91 Å². The summed E-state index contributed by atoms with van der Waals surface area (Å²) in [5, 5.41) is 3.09. The van der Waals surface area contributed by atoms with Crippen molar-refractivity contribution in [3.8, 4) is 0 Å². The predicted molar refractivity (Wildman–Crippen MR) is 76.8 cm³/mol. The Labute approximate surface area is 115 Å². The molecule has 1 atom stereocenters. The lowest BCUT2D eigenvalue weighted by molar-refractivity contribution is -0.131. The number of pyridine rings is 1. The van der Waals surface area contributed by atoms with Crippen molar-refractivity contribution in [1.29, 1.82) is 0 Å². The van der Waals surface area contributed by atoms with E-state index in [1.165, 1.54) is 6.42 Å². The molecule has 1 saturated heterocycles. The van der Waals surface area contributed by atoms with E-state index in [0.29, 0.717) is 18.9 Å². The molecule has 1 aliphatic rings. The normalized spacial score (nSPS) is 20.2. The third-order valence-electron chi connectivity index (χ3n) is 3.99. The lowest BCUT2D eigenvalue weighted by atomic mass is 9.98. The van der Waals surface area contributed by atoms with Crippen LogP contribution in [0, 0.1) is 5.92 Å². The number of nitrogens with one attached hydrogen (secondary N) is 1. The molecule has 0 aliphatic carbocycles. The van der Waals surface area contributed by atoms with Crippen LogP contribution in [0.1, 0.15) is 38.2 Å². The van der Waals surface area contributed by atoms with E-state index in [-0.39, 0.29) is 5.91 Å². The molecule has 1 amide bonds. The molecular weight excluding hydrogens is 238 g/mol. The molecular formula is C15H23N3O. The number of aromatic nitrogens is 1. The van der Waals surface area contributed by atoms with Gasteiger partial charge in [0, 0.05) is 38.3 Å². The lowest BCUT2D eigenvalue weighted by Gasteiger charge is -2.22. The molecule has 0 spiro atoms. The highest BCUT2D eigenvalue weighted by Crippen LogP contribution is 2.23. The van der Waals surface area contributed by atoms with Gasteiger partial charge in [-0.2, -0.15) is 0 Å². The maximum atomic E-state index is 12.2. The summed E-state index contributed by atoms with van der Waals surface area (Å²) in [6, 6.07) is 3.96. The second-order valence-corrected chi connectivity index (χ2v) is 5.18. The van der Waals surface area contributed by atoms with Crippen LogP contribution in [0.3, 0.4) is 0 Å². The SMILES string of the molecule is CCC1CCC(=O)N(Cc2cccnc2NC)CC1. The minimum Gasteiger partial charge on any atom is -0.373 e. The van der Waals surface area contributed by atoms with E-state index >= 15 is 0 Å². The molecule has 1 aromatic rings. The molecule has 0 bridgehead atoms. The average molecular weight is 261 g/mol. The maximum Gasteiger partial charge on any atom is 0.222 e. The smallest absolute Gasteiger partial charge is 0.222 e. The first-order valence-corrected chi connectivity index (χ1v) is 7.14. The van der Waals surface area contributed by atoms with Crippen LogP contribution in [0.4, 0.5) is 5.82 Å². The molecule has 2 heterocycles. The highest BCUT2D eigenvalue weighted by atomic mass is 16.2. The average Bonchev–Trinajstić information content (AvgIpc) is 2.62. The van der Waals surface area contributed by atoms with Crippen LogP contribution in [0.2, 0.25) is 0 Å². The summed E-state index contributed by atoms with van der Waals surface area (Å²) >= 11 is 0. The Kier molecular flexibility index (Phi) is 4.77. The number of likely N-dealkylation sites (tertiary alicyclic amines) is 1. The number of amides is 1. The van der Waals surface area contributed by atoms with Gasteiger partial charge in [0.25, 0.3) is 0 Å². The number of anilines is 1. The van der Waals surface area contributed by atoms with Gasteiger partial charge in [0.05, 0.1) is 0 Å². The second-order valence-electron chi connectivity index (χ2n) is 5.18. The molecule has 2 rings (SSSR count). The van der Waals surface area contributed by atoms with E-state index in [2.05, 4.69) is 17.2 Å². The standard InChI is InChI=1S/C15H23N3O/c1-3-12-6-7-14(19)18(10-8-12)11-13-5-4-9-17-15(13)16-2/h4-5,9,12H,3,6-8,10-11H2,1-2H3,(H,16,17). The van der Waals surface area contributed by atoms with Crippen LogP contribution in [0.25, 0.3) is 0 Å². The zero-order valence-electron chi connectivity index (χ0n) is 11.9. The number of rotatable bonds is 4. The minimum atomic E-state index is 0.279. The number of carbonyl (C=O) groups is 1. The van der Waals surface area contributed by atoms with Gasteiger partial charge >= 0.3 is 0 Å². The van der Waals surface area contributed by atoms with Gasteiger partial charge in [0.1, 0.15) is 5.82 Å². The van der Waals surface area contributed by atoms with E-state index < -0.39 is 0 Å². The Morgan fingerprint density at radius 1 is 1.47 bits per heavy atom. The van der Waals surface area contributed by atoms with Crippen LogP contribution >= 0.6 is 0 Å². The zero-order valence-corrected chi connectivity index (χ0v) is 11.9. The van der Waals surface area contributed by atoms with Crippen LogP contribution in [-0.4, -0.2) is 29.4 Å². The highest BCUT2D eigenvalue weighted by Gasteiger charge is 2.22. The summed E-state index contributed by atoms with van der Waals surface area (Å²) in [5.74, 6) is 1.85. The predicted octanol–water partition coefficient (Wildman–Crippen LogP) is 2.66. The number of carbonyl (C=O) groups excluding carboxylic acids is 1. The fourth-order valence-electron chi connectivity index (χ4n) is 2.67.